The van der Waals surface area contributed by atoms with E-state index in [2.05, 4.69) is 14.8 Å². The highest BCUT2D eigenvalue weighted by Gasteiger charge is 2.48. The predicted molar refractivity (Wildman–Crippen MR) is 128 cm³/mol. The highest BCUT2D eigenvalue weighted by atomic mass is 32.2. The van der Waals surface area contributed by atoms with Crippen LogP contribution in [0.3, 0.4) is 0 Å². The molecule has 0 bridgehead atoms. The maximum Gasteiger partial charge on any atom is 0.501 e. The van der Waals surface area contributed by atoms with Crippen LogP contribution in [-0.2, 0) is 21.4 Å². The number of urea groups is 1. The van der Waals surface area contributed by atoms with Gasteiger partial charge in [-0.05, 0) is 64.8 Å². The lowest BCUT2D eigenvalue weighted by Gasteiger charge is -2.29. The van der Waals surface area contributed by atoms with E-state index >= 15 is 0 Å². The molecule has 2 fully saturated rings. The van der Waals surface area contributed by atoms with Crippen molar-refractivity contribution < 1.29 is 27.1 Å². The second kappa shape index (κ2) is 9.11. The fourth-order valence-corrected chi connectivity index (χ4v) is 6.43. The summed E-state index contributed by atoms with van der Waals surface area (Å²) in [7, 11) is -3.72. The van der Waals surface area contributed by atoms with Gasteiger partial charge in [0.05, 0.1) is 5.69 Å². The van der Waals surface area contributed by atoms with Crippen molar-refractivity contribution in [3.8, 4) is 0 Å². The van der Waals surface area contributed by atoms with Crippen molar-refractivity contribution in [3.05, 3.63) is 41.3 Å². The van der Waals surface area contributed by atoms with Gasteiger partial charge in [-0.15, -0.1) is 4.90 Å². The lowest BCUT2D eigenvalue weighted by atomic mass is 9.99. The molecule has 1 N–H and O–H groups in total. The van der Waals surface area contributed by atoms with Gasteiger partial charge >= 0.3 is 11.9 Å². The zero-order chi connectivity index (χ0) is 24.8. The molecule has 0 aromatic carbocycles. The standard InChI is InChI=1S/C24H32N5O5S/c1-17-14-18(34-25-17)16-29-22(30)20-15-19(35(32,33)26-24(2)8-9-24)6-7-21(20)28(23(29)31)13-12-27-10-4-3-5-11-27/h6-7,14-15,19,26H,3-5,8-13,16H2,1-2H3/q+1. The quantitative estimate of drug-likeness (QED) is 0.538. The molecule has 35 heavy (non-hydrogen) atoms. The molecular formula is C24H32N5O5S+. The molecule has 0 spiro atoms. The number of sulfonamides is 1. The molecule has 1 aromatic rings. The lowest BCUT2D eigenvalue weighted by molar-refractivity contribution is -0.437. The molecule has 5 rings (SSSR count). The van der Waals surface area contributed by atoms with Crippen molar-refractivity contribution in [3.63, 3.8) is 0 Å². The number of hydrogen-bond acceptors (Lipinski definition) is 7. The summed E-state index contributed by atoms with van der Waals surface area (Å²) in [5.41, 5.74) is 0.902. The molecule has 1 saturated heterocycles. The topological polar surface area (TPSA) is 116 Å². The van der Waals surface area contributed by atoms with Gasteiger partial charge in [0.1, 0.15) is 23.1 Å². The number of imide groups is 1. The number of nitrogens with one attached hydrogen (secondary N) is 1. The summed E-state index contributed by atoms with van der Waals surface area (Å²) >= 11 is 0. The number of aromatic nitrogens is 1. The van der Waals surface area contributed by atoms with E-state index in [0.717, 1.165) is 43.7 Å². The van der Waals surface area contributed by atoms with Crippen molar-refractivity contribution in [1.29, 1.82) is 0 Å². The molecule has 3 amide bonds. The Kier molecular flexibility index (Phi) is 6.27. The van der Waals surface area contributed by atoms with Crippen LogP contribution in [0.4, 0.5) is 4.79 Å². The molecular weight excluding hydrogens is 470 g/mol. The number of rotatable bonds is 8. The molecule has 0 radical (unpaired) electrons. The van der Waals surface area contributed by atoms with Crippen LogP contribution >= 0.6 is 0 Å². The van der Waals surface area contributed by atoms with Gasteiger partial charge in [-0.3, -0.25) is 4.90 Å². The van der Waals surface area contributed by atoms with Crippen LogP contribution in [0, 0.1) is 6.92 Å². The predicted octanol–water partition coefficient (Wildman–Crippen LogP) is 1.72. The zero-order valence-corrected chi connectivity index (χ0v) is 21.0. The Morgan fingerprint density at radius 1 is 1.23 bits per heavy atom. The Morgan fingerprint density at radius 3 is 2.63 bits per heavy atom. The number of allylic oxidation sites excluding steroid dienone is 1. The first-order valence-corrected chi connectivity index (χ1v) is 13.8. The maximum absolute atomic E-state index is 13.5. The molecule has 1 unspecified atom stereocenters. The number of hydrogen-bond donors (Lipinski definition) is 1. The SMILES string of the molecule is Cc1cc(CN2C(=O)C3=CC(S(=O)(=O)NC4(C)CC4)C=CC3=[N+](CCN3CCCCC3)C2=O)on1. The van der Waals surface area contributed by atoms with E-state index in [0.29, 0.717) is 30.3 Å². The number of aryl methyl sites for hydroxylation is 1. The summed E-state index contributed by atoms with van der Waals surface area (Å²) in [5.74, 6) is -0.140. The first-order chi connectivity index (χ1) is 16.7. The largest absolute Gasteiger partial charge is 0.501 e. The van der Waals surface area contributed by atoms with Gasteiger partial charge in [-0.25, -0.2) is 17.9 Å². The molecule has 3 heterocycles. The number of fused-ring (bicyclic) bond motifs is 1. The van der Waals surface area contributed by atoms with Crippen molar-refractivity contribution in [2.75, 3.05) is 26.2 Å². The van der Waals surface area contributed by atoms with Gasteiger partial charge in [-0.2, -0.15) is 9.37 Å². The Morgan fingerprint density at radius 2 is 1.97 bits per heavy atom. The van der Waals surface area contributed by atoms with Gasteiger partial charge in [0.15, 0.2) is 12.3 Å². The van der Waals surface area contributed by atoms with Crippen LogP contribution in [0.25, 0.3) is 0 Å². The van der Waals surface area contributed by atoms with E-state index < -0.39 is 32.8 Å². The molecule has 1 atom stereocenters. The lowest BCUT2D eigenvalue weighted by Crippen LogP contribution is -2.53. The Balaban J connectivity index is 1.46. The van der Waals surface area contributed by atoms with E-state index in [1.807, 2.05) is 6.92 Å². The molecule has 188 valence electrons. The minimum atomic E-state index is -3.72. The first-order valence-electron chi connectivity index (χ1n) is 12.2. The summed E-state index contributed by atoms with van der Waals surface area (Å²) < 4.78 is 35.7. The second-order valence-corrected chi connectivity index (χ2v) is 12.0. The maximum atomic E-state index is 13.5. The fourth-order valence-electron chi connectivity index (χ4n) is 4.80. The highest BCUT2D eigenvalue weighted by molar-refractivity contribution is 7.90. The summed E-state index contributed by atoms with van der Waals surface area (Å²) in [4.78, 5) is 30.4. The third kappa shape index (κ3) is 5.03. The van der Waals surface area contributed by atoms with E-state index in [1.165, 1.54) is 12.5 Å². The van der Waals surface area contributed by atoms with Gasteiger partial charge in [0.2, 0.25) is 10.0 Å². The Labute approximate surface area is 205 Å². The van der Waals surface area contributed by atoms with Gasteiger partial charge in [0, 0.05) is 18.2 Å². The Hall–Kier alpha value is -2.63. The van der Waals surface area contributed by atoms with E-state index in [4.69, 9.17) is 4.52 Å². The summed E-state index contributed by atoms with van der Waals surface area (Å²) in [6.45, 7) is 6.63. The molecule has 2 aliphatic carbocycles. The minimum Gasteiger partial charge on any atom is -0.357 e. The number of carbonyl (C=O) groups is 2. The van der Waals surface area contributed by atoms with Crippen LogP contribution < -0.4 is 4.72 Å². The van der Waals surface area contributed by atoms with Gasteiger partial charge in [-0.1, -0.05) is 17.7 Å². The Bertz CT molecular complexity index is 1230. The third-order valence-corrected chi connectivity index (χ3v) is 8.89. The van der Waals surface area contributed by atoms with Crippen molar-refractivity contribution in [1.82, 2.24) is 19.7 Å². The smallest absolute Gasteiger partial charge is 0.357 e. The first kappa shape index (κ1) is 24.1. The molecule has 1 aromatic heterocycles. The summed E-state index contributed by atoms with van der Waals surface area (Å²) in [6, 6.07) is 1.24. The van der Waals surface area contributed by atoms with Crippen LogP contribution in [0.2, 0.25) is 0 Å². The third-order valence-electron chi connectivity index (χ3n) is 7.11. The summed E-state index contributed by atoms with van der Waals surface area (Å²) in [5, 5.41) is 2.86. The average molecular weight is 503 g/mol. The number of likely N-dealkylation sites (tertiary alicyclic amines) is 1. The van der Waals surface area contributed by atoms with Gasteiger partial charge in [0.25, 0.3) is 0 Å². The molecule has 10 nitrogen and oxygen atoms in total. The highest BCUT2D eigenvalue weighted by Crippen LogP contribution is 2.36. The monoisotopic (exact) mass is 502 g/mol. The number of piperidine rings is 1. The molecule has 4 aliphatic rings. The summed E-state index contributed by atoms with van der Waals surface area (Å²) in [6.07, 6.45) is 9.69. The van der Waals surface area contributed by atoms with Gasteiger partial charge < -0.3 is 4.52 Å². The van der Waals surface area contributed by atoms with Crippen LogP contribution in [-0.4, -0.2) is 82.6 Å². The van der Waals surface area contributed by atoms with Crippen LogP contribution in [0.5, 0.6) is 0 Å². The average Bonchev–Trinajstić information content (AvgIpc) is 3.40. The van der Waals surface area contributed by atoms with Crippen molar-refractivity contribution in [2.45, 2.75) is 63.3 Å². The fraction of sp³-hybridized carbons (Fsp3) is 0.583. The van der Waals surface area contributed by atoms with Crippen LogP contribution in [0.1, 0.15) is 50.5 Å². The van der Waals surface area contributed by atoms with E-state index in [1.54, 1.807) is 29.7 Å². The van der Waals surface area contributed by atoms with E-state index in [9.17, 15) is 18.0 Å². The number of carbonyl (C=O) groups excluding carboxylic acids is 2. The zero-order valence-electron chi connectivity index (χ0n) is 20.2. The second-order valence-electron chi connectivity index (χ2n) is 10.2. The van der Waals surface area contributed by atoms with Crippen molar-refractivity contribution in [2.24, 2.45) is 0 Å². The van der Waals surface area contributed by atoms with Crippen molar-refractivity contribution >= 4 is 27.7 Å². The normalized spacial score (nSPS) is 24.6. The van der Waals surface area contributed by atoms with E-state index in [-0.39, 0.29) is 12.1 Å². The van der Waals surface area contributed by atoms with Crippen LogP contribution in [0.15, 0.2) is 34.4 Å². The number of amides is 3. The number of nitrogens with zero attached hydrogens (tertiary/aromatic N) is 4. The molecule has 2 aliphatic heterocycles. The molecule has 11 heteroatoms. The molecule has 1 saturated carbocycles. The minimum absolute atomic E-state index is 0.0687.